The quantitative estimate of drug-likeness (QED) is 0.465. The summed E-state index contributed by atoms with van der Waals surface area (Å²) in [6.07, 6.45) is 0.162. The predicted molar refractivity (Wildman–Crippen MR) is 56.0 cm³/mol. The molecule has 5 heteroatoms. The largest absolute Gasteiger partial charge is 0.433 e. The molecule has 0 radical (unpaired) electrons. The van der Waals surface area contributed by atoms with E-state index in [1.165, 1.54) is 7.05 Å². The first-order valence-corrected chi connectivity index (χ1v) is 4.75. The van der Waals surface area contributed by atoms with Crippen molar-refractivity contribution in [1.29, 1.82) is 0 Å². The molecule has 0 aromatic carbocycles. The van der Waals surface area contributed by atoms with Crippen molar-refractivity contribution in [2.24, 2.45) is 10.6 Å². The van der Waals surface area contributed by atoms with E-state index in [-0.39, 0.29) is 5.41 Å². The summed E-state index contributed by atoms with van der Waals surface area (Å²) in [4.78, 5) is 15.1. The minimum atomic E-state index is -0.564. The van der Waals surface area contributed by atoms with Crippen molar-refractivity contribution in [2.45, 2.75) is 27.2 Å². The number of carbonyl (C=O) groups is 1. The zero-order chi connectivity index (χ0) is 10.5. The maximum atomic E-state index is 10.6. The van der Waals surface area contributed by atoms with Crippen LogP contribution < -0.4 is 5.32 Å². The number of nitrogens with zero attached hydrogens (tertiary/aromatic N) is 1. The lowest BCUT2D eigenvalue weighted by molar-refractivity contribution is 0.153. The van der Waals surface area contributed by atoms with E-state index >= 15 is 0 Å². The lowest BCUT2D eigenvalue weighted by Gasteiger charge is -2.15. The zero-order valence-electron chi connectivity index (χ0n) is 8.35. The summed E-state index contributed by atoms with van der Waals surface area (Å²) in [5.41, 5.74) is 0.119. The standard InChI is InChI=1S/C8H15BrN2O2/c1-8(2,3)5-6(9)11-13-7(12)10-4/h5H2,1-4H3,(H,10,12). The van der Waals surface area contributed by atoms with Gasteiger partial charge in [-0.3, -0.25) is 4.84 Å². The van der Waals surface area contributed by atoms with Crippen molar-refractivity contribution in [3.05, 3.63) is 0 Å². The Bertz CT molecular complexity index is 209. The fraction of sp³-hybridized carbons (Fsp3) is 0.750. The Morgan fingerprint density at radius 3 is 2.46 bits per heavy atom. The van der Waals surface area contributed by atoms with Crippen molar-refractivity contribution in [3.63, 3.8) is 0 Å². The van der Waals surface area contributed by atoms with Crippen LogP contribution in [0.15, 0.2) is 5.16 Å². The van der Waals surface area contributed by atoms with Crippen LogP contribution in [0.1, 0.15) is 27.2 Å². The maximum absolute atomic E-state index is 10.6. The lowest BCUT2D eigenvalue weighted by Crippen LogP contribution is -2.17. The van der Waals surface area contributed by atoms with E-state index in [0.717, 1.165) is 6.42 Å². The molecule has 1 N–H and O–H groups in total. The number of amides is 1. The molecule has 13 heavy (non-hydrogen) atoms. The van der Waals surface area contributed by atoms with E-state index in [1.807, 2.05) is 0 Å². The van der Waals surface area contributed by atoms with Crippen molar-refractivity contribution in [3.8, 4) is 0 Å². The van der Waals surface area contributed by atoms with Crippen LogP contribution >= 0.6 is 15.9 Å². The monoisotopic (exact) mass is 250 g/mol. The van der Waals surface area contributed by atoms with E-state index in [4.69, 9.17) is 0 Å². The van der Waals surface area contributed by atoms with Crippen LogP contribution in [0.4, 0.5) is 4.79 Å². The molecule has 4 nitrogen and oxygen atoms in total. The van der Waals surface area contributed by atoms with E-state index in [1.54, 1.807) is 0 Å². The molecule has 0 saturated carbocycles. The van der Waals surface area contributed by atoms with Crippen LogP contribution in [0.25, 0.3) is 0 Å². The number of hydrogen-bond acceptors (Lipinski definition) is 3. The van der Waals surface area contributed by atoms with Gasteiger partial charge in [0.2, 0.25) is 0 Å². The molecule has 0 unspecified atom stereocenters. The van der Waals surface area contributed by atoms with Gasteiger partial charge < -0.3 is 5.32 Å². The molecule has 1 amide bonds. The highest BCUT2D eigenvalue weighted by atomic mass is 79.9. The number of oxime groups is 1. The highest BCUT2D eigenvalue weighted by Gasteiger charge is 2.13. The summed E-state index contributed by atoms with van der Waals surface area (Å²) < 4.78 is 0.628. The van der Waals surface area contributed by atoms with Crippen LogP contribution in [0.2, 0.25) is 0 Å². The van der Waals surface area contributed by atoms with Crippen LogP contribution in [-0.4, -0.2) is 17.8 Å². The Labute approximate surface area is 86.8 Å². The summed E-state index contributed by atoms with van der Waals surface area (Å²) in [5, 5.41) is 5.90. The lowest BCUT2D eigenvalue weighted by atomic mass is 9.93. The molecule has 0 aromatic rings. The second-order valence-electron chi connectivity index (χ2n) is 3.83. The Balaban J connectivity index is 3.96. The summed E-state index contributed by atoms with van der Waals surface area (Å²) in [6.45, 7) is 6.22. The van der Waals surface area contributed by atoms with Crippen LogP contribution in [0, 0.1) is 5.41 Å². The van der Waals surface area contributed by atoms with E-state index in [9.17, 15) is 4.79 Å². The number of nitrogens with one attached hydrogen (secondary N) is 1. The molecular weight excluding hydrogens is 236 g/mol. The molecule has 0 fully saturated rings. The molecule has 76 valence electrons. The van der Waals surface area contributed by atoms with Crippen molar-refractivity contribution < 1.29 is 9.63 Å². The Hall–Kier alpha value is -0.580. The first-order valence-electron chi connectivity index (χ1n) is 3.96. The van der Waals surface area contributed by atoms with Crippen molar-refractivity contribution >= 4 is 26.6 Å². The van der Waals surface area contributed by atoms with Crippen LogP contribution in [-0.2, 0) is 4.84 Å². The molecule has 0 aliphatic rings. The smallest absolute Gasteiger partial charge is 0.323 e. The minimum Gasteiger partial charge on any atom is -0.323 e. The molecule has 0 saturated heterocycles. The van der Waals surface area contributed by atoms with E-state index < -0.39 is 6.09 Å². The first-order chi connectivity index (χ1) is 5.85. The summed E-state index contributed by atoms with van der Waals surface area (Å²) in [5.74, 6) is 0. The van der Waals surface area contributed by atoms with Gasteiger partial charge in [0.1, 0.15) is 4.62 Å². The Morgan fingerprint density at radius 1 is 1.54 bits per heavy atom. The third kappa shape index (κ3) is 7.77. The fourth-order valence-electron chi connectivity index (χ4n) is 0.607. The van der Waals surface area contributed by atoms with Gasteiger partial charge in [0.05, 0.1) is 0 Å². The zero-order valence-corrected chi connectivity index (χ0v) is 9.93. The Morgan fingerprint density at radius 2 is 2.08 bits per heavy atom. The maximum Gasteiger partial charge on any atom is 0.433 e. The molecule has 0 aliphatic carbocycles. The van der Waals surface area contributed by atoms with Gasteiger partial charge in [-0.15, -0.1) is 0 Å². The van der Waals surface area contributed by atoms with Gasteiger partial charge in [-0.05, 0) is 21.3 Å². The minimum absolute atomic E-state index is 0.119. The molecule has 0 heterocycles. The molecule has 0 aromatic heterocycles. The van der Waals surface area contributed by atoms with Crippen molar-refractivity contribution in [2.75, 3.05) is 7.05 Å². The fourth-order valence-corrected chi connectivity index (χ4v) is 1.52. The van der Waals surface area contributed by atoms with E-state index in [0.29, 0.717) is 4.62 Å². The normalized spacial score (nSPS) is 12.5. The highest BCUT2D eigenvalue weighted by Crippen LogP contribution is 2.21. The Kier molecular flexibility index (Phi) is 4.98. The number of carbonyl (C=O) groups excluding carboxylic acids is 1. The van der Waals surface area contributed by atoms with Gasteiger partial charge in [-0.25, -0.2) is 4.79 Å². The third-order valence-corrected chi connectivity index (χ3v) is 1.53. The molecule has 0 spiro atoms. The van der Waals surface area contributed by atoms with Crippen LogP contribution in [0.5, 0.6) is 0 Å². The van der Waals surface area contributed by atoms with Gasteiger partial charge >= 0.3 is 6.09 Å². The summed E-state index contributed by atoms with van der Waals surface area (Å²) >= 11 is 3.22. The molecule has 0 bridgehead atoms. The number of hydrogen-bond donors (Lipinski definition) is 1. The summed E-state index contributed by atoms with van der Waals surface area (Å²) in [7, 11) is 1.48. The van der Waals surface area contributed by atoms with Crippen LogP contribution in [0.3, 0.4) is 0 Å². The average Bonchev–Trinajstić information content (AvgIpc) is 1.97. The topological polar surface area (TPSA) is 50.7 Å². The average molecular weight is 251 g/mol. The van der Waals surface area contributed by atoms with Gasteiger partial charge in [0, 0.05) is 13.5 Å². The van der Waals surface area contributed by atoms with Gasteiger partial charge in [-0.1, -0.05) is 25.9 Å². The molecular formula is C8H15BrN2O2. The second kappa shape index (κ2) is 5.21. The molecule has 0 rings (SSSR count). The number of halogens is 1. The highest BCUT2D eigenvalue weighted by molar-refractivity contribution is 9.18. The van der Waals surface area contributed by atoms with E-state index in [2.05, 4.69) is 52.0 Å². The second-order valence-corrected chi connectivity index (χ2v) is 4.75. The SMILES string of the molecule is CNC(=O)ON=C(Br)CC(C)(C)C. The predicted octanol–water partition coefficient (Wildman–Crippen LogP) is 2.49. The molecule has 0 aliphatic heterocycles. The molecule has 0 atom stereocenters. The number of rotatable bonds is 2. The first kappa shape index (κ1) is 12.4. The van der Waals surface area contributed by atoms with Gasteiger partial charge in [0.15, 0.2) is 0 Å². The summed E-state index contributed by atoms with van der Waals surface area (Å²) in [6, 6.07) is 0. The third-order valence-electron chi connectivity index (χ3n) is 1.11. The van der Waals surface area contributed by atoms with Gasteiger partial charge in [0.25, 0.3) is 0 Å². The van der Waals surface area contributed by atoms with Gasteiger partial charge in [-0.2, -0.15) is 0 Å². The van der Waals surface area contributed by atoms with Crippen molar-refractivity contribution in [1.82, 2.24) is 5.32 Å².